The van der Waals surface area contributed by atoms with Gasteiger partial charge in [-0.3, -0.25) is 4.79 Å². The monoisotopic (exact) mass is 284 g/mol. The number of halogens is 5. The van der Waals surface area contributed by atoms with Crippen molar-refractivity contribution in [1.29, 1.82) is 0 Å². The van der Waals surface area contributed by atoms with E-state index in [9.17, 15) is 26.7 Å². The van der Waals surface area contributed by atoms with Crippen LogP contribution in [0.2, 0.25) is 0 Å². The molecule has 3 N–H and O–H groups in total. The van der Waals surface area contributed by atoms with E-state index >= 15 is 0 Å². The third-order valence-electron chi connectivity index (χ3n) is 2.11. The van der Waals surface area contributed by atoms with Gasteiger partial charge >= 0.3 is 18.0 Å². The maximum Gasteiger partial charge on any atom is 0.463 e. The minimum Gasteiger partial charge on any atom is -0.495 e. The molecule has 0 fully saturated rings. The van der Waals surface area contributed by atoms with Gasteiger partial charge in [0.05, 0.1) is 12.8 Å². The first-order valence-corrected chi connectivity index (χ1v) is 4.79. The zero-order valence-electron chi connectivity index (χ0n) is 9.52. The first-order chi connectivity index (χ1) is 8.59. The molecule has 0 unspecified atom stereocenters. The number of benzene rings is 1. The molecule has 19 heavy (non-hydrogen) atoms. The summed E-state index contributed by atoms with van der Waals surface area (Å²) in [5, 5.41) is 1.44. The molecule has 106 valence electrons. The van der Waals surface area contributed by atoms with Crippen LogP contribution < -0.4 is 15.8 Å². The smallest absolute Gasteiger partial charge is 0.463 e. The van der Waals surface area contributed by atoms with Gasteiger partial charge in [-0.15, -0.1) is 0 Å². The third-order valence-corrected chi connectivity index (χ3v) is 2.11. The van der Waals surface area contributed by atoms with Crippen LogP contribution >= 0.6 is 0 Å². The van der Waals surface area contributed by atoms with Crippen LogP contribution in [0.4, 0.5) is 33.3 Å². The van der Waals surface area contributed by atoms with E-state index in [4.69, 9.17) is 10.5 Å². The SMILES string of the molecule is COc1ccc(N)cc1NC(=O)C(F)(F)C(F)(F)F. The number of hydrogen-bond acceptors (Lipinski definition) is 3. The number of rotatable bonds is 3. The van der Waals surface area contributed by atoms with Gasteiger partial charge in [-0.1, -0.05) is 0 Å². The molecule has 0 radical (unpaired) electrons. The zero-order chi connectivity index (χ0) is 14.8. The Bertz CT molecular complexity index is 487. The third kappa shape index (κ3) is 3.04. The van der Waals surface area contributed by atoms with Gasteiger partial charge in [0.15, 0.2) is 0 Å². The second-order valence-electron chi connectivity index (χ2n) is 3.49. The summed E-state index contributed by atoms with van der Waals surface area (Å²) in [7, 11) is 1.16. The number of alkyl halides is 5. The summed E-state index contributed by atoms with van der Waals surface area (Å²) in [6, 6.07) is 3.55. The molecule has 1 amide bonds. The van der Waals surface area contributed by atoms with Crippen molar-refractivity contribution in [2.45, 2.75) is 12.1 Å². The van der Waals surface area contributed by atoms with Crippen molar-refractivity contribution < 1.29 is 31.5 Å². The predicted octanol–water partition coefficient (Wildman–Crippen LogP) is 2.41. The summed E-state index contributed by atoms with van der Waals surface area (Å²) in [5.74, 6) is -8.12. The van der Waals surface area contributed by atoms with Crippen molar-refractivity contribution in [3.05, 3.63) is 18.2 Å². The number of anilines is 2. The predicted molar refractivity (Wildman–Crippen MR) is 57.0 cm³/mol. The molecule has 9 heteroatoms. The van der Waals surface area contributed by atoms with Gasteiger partial charge in [0, 0.05) is 5.69 Å². The second kappa shape index (κ2) is 4.90. The largest absolute Gasteiger partial charge is 0.495 e. The molecule has 0 aliphatic rings. The van der Waals surface area contributed by atoms with Gasteiger partial charge in [-0.25, -0.2) is 0 Å². The van der Waals surface area contributed by atoms with Crippen LogP contribution in [0, 0.1) is 0 Å². The highest BCUT2D eigenvalue weighted by Crippen LogP contribution is 2.37. The fourth-order valence-corrected chi connectivity index (χ4v) is 1.15. The molecule has 0 spiro atoms. The lowest BCUT2D eigenvalue weighted by atomic mass is 10.2. The minimum atomic E-state index is -5.98. The molecule has 1 aromatic carbocycles. The second-order valence-corrected chi connectivity index (χ2v) is 3.49. The first kappa shape index (κ1) is 15.0. The van der Waals surface area contributed by atoms with E-state index < -0.39 is 18.0 Å². The summed E-state index contributed by atoms with van der Waals surface area (Å²) >= 11 is 0. The average molecular weight is 284 g/mol. The van der Waals surface area contributed by atoms with Gasteiger partial charge in [-0.05, 0) is 18.2 Å². The molecule has 0 saturated carbocycles. The first-order valence-electron chi connectivity index (χ1n) is 4.79. The summed E-state index contributed by atoms with van der Waals surface area (Å²) < 4.78 is 66.1. The molecule has 4 nitrogen and oxygen atoms in total. The van der Waals surface area contributed by atoms with Crippen LogP contribution in [0.1, 0.15) is 0 Å². The fraction of sp³-hybridized carbons (Fsp3) is 0.300. The zero-order valence-corrected chi connectivity index (χ0v) is 9.52. The number of carbonyl (C=O) groups excluding carboxylic acids is 1. The van der Waals surface area contributed by atoms with Gasteiger partial charge in [-0.2, -0.15) is 22.0 Å². The quantitative estimate of drug-likeness (QED) is 0.661. The lowest BCUT2D eigenvalue weighted by Gasteiger charge is -2.19. The molecule has 0 atom stereocenters. The van der Waals surface area contributed by atoms with E-state index in [1.165, 1.54) is 17.4 Å². The molecule has 1 rings (SSSR count). The Morgan fingerprint density at radius 3 is 2.32 bits per heavy atom. The number of nitrogen functional groups attached to an aromatic ring is 1. The highest BCUT2D eigenvalue weighted by molar-refractivity contribution is 5.98. The van der Waals surface area contributed by atoms with Crippen molar-refractivity contribution in [1.82, 2.24) is 0 Å². The topological polar surface area (TPSA) is 64.3 Å². The van der Waals surface area contributed by atoms with Gasteiger partial charge < -0.3 is 15.8 Å². The number of ether oxygens (including phenoxy) is 1. The number of nitrogens with two attached hydrogens (primary N) is 1. The van der Waals surface area contributed by atoms with E-state index in [0.29, 0.717) is 0 Å². The normalized spacial score (nSPS) is 12.1. The molecule has 0 heterocycles. The Morgan fingerprint density at radius 1 is 1.26 bits per heavy atom. The number of amides is 1. The van der Waals surface area contributed by atoms with E-state index in [1.54, 1.807) is 0 Å². The Kier molecular flexibility index (Phi) is 3.87. The van der Waals surface area contributed by atoms with Crippen LogP contribution in [-0.4, -0.2) is 25.1 Å². The molecule has 0 aliphatic carbocycles. The van der Waals surface area contributed by atoms with Crippen LogP contribution in [-0.2, 0) is 4.79 Å². The minimum absolute atomic E-state index is 0.0615. The number of nitrogens with one attached hydrogen (secondary N) is 1. The van der Waals surface area contributed by atoms with E-state index in [-0.39, 0.29) is 17.1 Å². The molecule has 0 aromatic heterocycles. The Balaban J connectivity index is 3.03. The summed E-state index contributed by atoms with van der Waals surface area (Å²) in [6.07, 6.45) is -5.98. The summed E-state index contributed by atoms with van der Waals surface area (Å²) in [4.78, 5) is 11.0. The molecule has 0 saturated heterocycles. The maximum absolute atomic E-state index is 12.7. The maximum atomic E-state index is 12.7. The highest BCUT2D eigenvalue weighted by atomic mass is 19.4. The van der Waals surface area contributed by atoms with Gasteiger partial charge in [0.2, 0.25) is 0 Å². The molecular weight excluding hydrogens is 275 g/mol. The van der Waals surface area contributed by atoms with Gasteiger partial charge in [0.25, 0.3) is 0 Å². The lowest BCUT2D eigenvalue weighted by molar-refractivity contribution is -0.267. The summed E-state index contributed by atoms with van der Waals surface area (Å²) in [5.41, 5.74) is 5.02. The summed E-state index contributed by atoms with van der Waals surface area (Å²) in [6.45, 7) is 0. The molecule has 0 aliphatic heterocycles. The van der Waals surface area contributed by atoms with Crippen molar-refractivity contribution in [3.63, 3.8) is 0 Å². The Labute approximate surface area is 104 Å². The number of methoxy groups -OCH3 is 1. The standard InChI is InChI=1S/C10H9F5N2O2/c1-19-7-3-2-5(16)4-6(7)17-8(18)9(11,12)10(13,14)15/h2-4H,16H2,1H3,(H,17,18). The molecule has 1 aromatic rings. The van der Waals surface area contributed by atoms with E-state index in [0.717, 1.165) is 13.2 Å². The Morgan fingerprint density at radius 2 is 1.84 bits per heavy atom. The van der Waals surface area contributed by atoms with E-state index in [2.05, 4.69) is 0 Å². The number of carbonyl (C=O) groups is 1. The fourth-order valence-electron chi connectivity index (χ4n) is 1.15. The van der Waals surface area contributed by atoms with Crippen molar-refractivity contribution in [2.75, 3.05) is 18.2 Å². The van der Waals surface area contributed by atoms with Crippen LogP contribution in [0.3, 0.4) is 0 Å². The van der Waals surface area contributed by atoms with E-state index in [1.807, 2.05) is 0 Å². The number of hydrogen-bond donors (Lipinski definition) is 2. The van der Waals surface area contributed by atoms with Crippen molar-refractivity contribution >= 4 is 17.3 Å². The Hall–Kier alpha value is -2.06. The average Bonchev–Trinajstić information content (AvgIpc) is 2.27. The highest BCUT2D eigenvalue weighted by Gasteiger charge is 2.63. The van der Waals surface area contributed by atoms with Crippen molar-refractivity contribution in [3.8, 4) is 5.75 Å². The van der Waals surface area contributed by atoms with Crippen LogP contribution in [0.15, 0.2) is 18.2 Å². The van der Waals surface area contributed by atoms with Crippen LogP contribution in [0.25, 0.3) is 0 Å². The van der Waals surface area contributed by atoms with Crippen molar-refractivity contribution in [2.24, 2.45) is 0 Å². The lowest BCUT2D eigenvalue weighted by Crippen LogP contribution is -2.47. The molecule has 0 bridgehead atoms. The van der Waals surface area contributed by atoms with Crippen LogP contribution in [0.5, 0.6) is 5.75 Å². The molecular formula is C10H9F5N2O2. The van der Waals surface area contributed by atoms with Gasteiger partial charge in [0.1, 0.15) is 5.75 Å².